The van der Waals surface area contributed by atoms with Crippen molar-refractivity contribution in [1.82, 2.24) is 5.43 Å². The van der Waals surface area contributed by atoms with Crippen molar-refractivity contribution in [3.63, 3.8) is 0 Å². The zero-order valence-electron chi connectivity index (χ0n) is 9.88. The molecule has 0 aromatic heterocycles. The molecule has 0 atom stereocenters. The maximum Gasteiger partial charge on any atom is 0.275 e. The van der Waals surface area contributed by atoms with E-state index < -0.39 is 11.7 Å². The number of amides is 1. The fraction of sp³-hybridized carbons (Fsp3) is 0. The molecule has 0 saturated heterocycles. The van der Waals surface area contributed by atoms with Gasteiger partial charge in [0, 0.05) is 5.56 Å². The number of para-hydroxylation sites is 1. The van der Waals surface area contributed by atoms with Gasteiger partial charge in [-0.15, -0.1) is 0 Å². The Hall–Kier alpha value is -2.69. The SMILES string of the molecule is O=C(N/N=C/c1ccccc1F)c1ccccc1O. The lowest BCUT2D eigenvalue weighted by Gasteiger charge is -2.02. The van der Waals surface area contributed by atoms with E-state index in [1.54, 1.807) is 24.3 Å². The first-order chi connectivity index (χ1) is 9.18. The first kappa shape index (κ1) is 12.8. The Morgan fingerprint density at radius 1 is 1.16 bits per heavy atom. The summed E-state index contributed by atoms with van der Waals surface area (Å²) < 4.78 is 13.3. The molecule has 0 unspecified atom stereocenters. The van der Waals surface area contributed by atoms with Crippen LogP contribution < -0.4 is 5.43 Å². The molecule has 0 radical (unpaired) electrons. The first-order valence-electron chi connectivity index (χ1n) is 5.54. The van der Waals surface area contributed by atoms with Gasteiger partial charge in [0.25, 0.3) is 5.91 Å². The zero-order valence-corrected chi connectivity index (χ0v) is 9.88. The van der Waals surface area contributed by atoms with Crippen molar-refractivity contribution in [3.05, 3.63) is 65.5 Å². The normalized spacial score (nSPS) is 10.6. The van der Waals surface area contributed by atoms with Crippen molar-refractivity contribution >= 4 is 12.1 Å². The Labute approximate surface area is 109 Å². The molecule has 0 saturated carbocycles. The topological polar surface area (TPSA) is 61.7 Å². The second-order valence-electron chi connectivity index (χ2n) is 3.74. The molecule has 0 fully saturated rings. The van der Waals surface area contributed by atoms with E-state index in [0.717, 1.165) is 0 Å². The van der Waals surface area contributed by atoms with Crippen LogP contribution in [0.25, 0.3) is 0 Å². The Morgan fingerprint density at radius 3 is 2.58 bits per heavy atom. The second-order valence-corrected chi connectivity index (χ2v) is 3.74. The van der Waals surface area contributed by atoms with Crippen molar-refractivity contribution in [2.45, 2.75) is 0 Å². The van der Waals surface area contributed by atoms with E-state index >= 15 is 0 Å². The maximum atomic E-state index is 13.3. The number of hydrazone groups is 1. The molecule has 4 nitrogen and oxygen atoms in total. The summed E-state index contributed by atoms with van der Waals surface area (Å²) in [5, 5.41) is 13.1. The van der Waals surface area contributed by atoms with Gasteiger partial charge in [-0.3, -0.25) is 4.79 Å². The van der Waals surface area contributed by atoms with Gasteiger partial charge >= 0.3 is 0 Å². The molecule has 2 aromatic carbocycles. The Kier molecular flexibility index (Phi) is 3.87. The van der Waals surface area contributed by atoms with Crippen molar-refractivity contribution in [2.75, 3.05) is 0 Å². The summed E-state index contributed by atoms with van der Waals surface area (Å²) >= 11 is 0. The molecule has 2 N–H and O–H groups in total. The van der Waals surface area contributed by atoms with E-state index in [0.29, 0.717) is 0 Å². The monoisotopic (exact) mass is 258 g/mol. The highest BCUT2D eigenvalue weighted by Crippen LogP contribution is 2.14. The zero-order chi connectivity index (χ0) is 13.7. The van der Waals surface area contributed by atoms with Crippen LogP contribution in [0, 0.1) is 5.82 Å². The fourth-order valence-corrected chi connectivity index (χ4v) is 1.47. The van der Waals surface area contributed by atoms with Crippen molar-refractivity contribution in [2.24, 2.45) is 5.10 Å². The average Bonchev–Trinajstić information content (AvgIpc) is 2.41. The summed E-state index contributed by atoms with van der Waals surface area (Å²) in [5.41, 5.74) is 2.59. The van der Waals surface area contributed by atoms with Crippen molar-refractivity contribution < 1.29 is 14.3 Å². The third-order valence-electron chi connectivity index (χ3n) is 2.42. The van der Waals surface area contributed by atoms with Gasteiger partial charge in [-0.2, -0.15) is 5.10 Å². The summed E-state index contributed by atoms with van der Waals surface area (Å²) in [6.07, 6.45) is 1.20. The lowest BCUT2D eigenvalue weighted by Crippen LogP contribution is -2.17. The summed E-state index contributed by atoms with van der Waals surface area (Å²) in [5.74, 6) is -1.13. The summed E-state index contributed by atoms with van der Waals surface area (Å²) in [6, 6.07) is 12.1. The third kappa shape index (κ3) is 3.16. The molecule has 1 amide bonds. The van der Waals surface area contributed by atoms with Gasteiger partial charge in [0.15, 0.2) is 0 Å². The number of hydrogen-bond acceptors (Lipinski definition) is 3. The van der Waals surface area contributed by atoms with Gasteiger partial charge in [0.1, 0.15) is 11.6 Å². The van der Waals surface area contributed by atoms with Gasteiger partial charge in [0.05, 0.1) is 11.8 Å². The van der Waals surface area contributed by atoms with Gasteiger partial charge in [-0.1, -0.05) is 30.3 Å². The molecule has 2 aromatic rings. The van der Waals surface area contributed by atoms with Crippen LogP contribution in [0.1, 0.15) is 15.9 Å². The smallest absolute Gasteiger partial charge is 0.275 e. The van der Waals surface area contributed by atoms with Crippen LogP contribution in [-0.2, 0) is 0 Å². The molecule has 96 valence electrons. The lowest BCUT2D eigenvalue weighted by atomic mass is 10.2. The molecule has 0 bridgehead atoms. The first-order valence-corrected chi connectivity index (χ1v) is 5.54. The molecule has 0 aliphatic carbocycles. The average molecular weight is 258 g/mol. The fourth-order valence-electron chi connectivity index (χ4n) is 1.47. The number of rotatable bonds is 3. The molecule has 0 heterocycles. The number of phenolic OH excluding ortho intramolecular Hbond substituents is 1. The summed E-state index contributed by atoms with van der Waals surface area (Å²) in [7, 11) is 0. The quantitative estimate of drug-likeness (QED) is 0.655. The highest BCUT2D eigenvalue weighted by Gasteiger charge is 2.08. The number of aromatic hydroxyl groups is 1. The van der Waals surface area contributed by atoms with Crippen LogP contribution in [0.2, 0.25) is 0 Å². The minimum Gasteiger partial charge on any atom is -0.507 e. The number of carbonyl (C=O) groups excluding carboxylic acids is 1. The van der Waals surface area contributed by atoms with E-state index in [1.807, 2.05) is 0 Å². The number of hydrogen-bond donors (Lipinski definition) is 2. The molecule has 2 rings (SSSR count). The molecule has 5 heteroatoms. The second kappa shape index (κ2) is 5.77. The van der Waals surface area contributed by atoms with Crippen molar-refractivity contribution in [1.29, 1.82) is 0 Å². The van der Waals surface area contributed by atoms with Crippen LogP contribution in [0.5, 0.6) is 5.75 Å². The van der Waals surface area contributed by atoms with E-state index in [2.05, 4.69) is 10.5 Å². The molecule has 19 heavy (non-hydrogen) atoms. The standard InChI is InChI=1S/C14H11FN2O2/c15-12-7-3-1-5-10(12)9-16-17-14(19)11-6-2-4-8-13(11)18/h1-9,18H,(H,17,19)/b16-9+. The largest absolute Gasteiger partial charge is 0.507 e. The Bertz CT molecular complexity index is 626. The molecular weight excluding hydrogens is 247 g/mol. The van der Waals surface area contributed by atoms with Crippen LogP contribution >= 0.6 is 0 Å². The lowest BCUT2D eigenvalue weighted by molar-refractivity contribution is 0.0952. The minimum atomic E-state index is -0.564. The summed E-state index contributed by atoms with van der Waals surface area (Å²) in [4.78, 5) is 11.7. The molecule has 0 aliphatic rings. The minimum absolute atomic E-state index is 0.105. The third-order valence-corrected chi connectivity index (χ3v) is 2.42. The van der Waals surface area contributed by atoms with Crippen LogP contribution in [0.4, 0.5) is 4.39 Å². The maximum absolute atomic E-state index is 13.3. The number of phenols is 1. The number of nitrogens with one attached hydrogen (secondary N) is 1. The number of halogens is 1. The van der Waals surface area contributed by atoms with E-state index in [1.165, 1.54) is 30.5 Å². The Balaban J connectivity index is 2.06. The van der Waals surface area contributed by atoms with Crippen LogP contribution in [0.3, 0.4) is 0 Å². The summed E-state index contributed by atoms with van der Waals surface area (Å²) in [6.45, 7) is 0. The predicted octanol–water partition coefficient (Wildman–Crippen LogP) is 2.30. The van der Waals surface area contributed by atoms with Gasteiger partial charge in [0.2, 0.25) is 0 Å². The molecule has 0 aliphatic heterocycles. The van der Waals surface area contributed by atoms with Crippen LogP contribution in [0.15, 0.2) is 53.6 Å². The van der Waals surface area contributed by atoms with Gasteiger partial charge in [-0.25, -0.2) is 9.82 Å². The van der Waals surface area contributed by atoms with Gasteiger partial charge in [-0.05, 0) is 18.2 Å². The highest BCUT2D eigenvalue weighted by atomic mass is 19.1. The van der Waals surface area contributed by atoms with Crippen LogP contribution in [-0.4, -0.2) is 17.2 Å². The molecule has 0 spiro atoms. The van der Waals surface area contributed by atoms with E-state index in [9.17, 15) is 14.3 Å². The van der Waals surface area contributed by atoms with E-state index in [-0.39, 0.29) is 16.9 Å². The predicted molar refractivity (Wildman–Crippen MR) is 69.6 cm³/mol. The van der Waals surface area contributed by atoms with Crippen molar-refractivity contribution in [3.8, 4) is 5.75 Å². The highest BCUT2D eigenvalue weighted by molar-refractivity contribution is 5.97. The molecular formula is C14H11FN2O2. The Morgan fingerprint density at radius 2 is 1.84 bits per heavy atom. The number of nitrogens with zero attached hydrogens (tertiary/aromatic N) is 1. The van der Waals surface area contributed by atoms with E-state index in [4.69, 9.17) is 0 Å². The van der Waals surface area contributed by atoms with Gasteiger partial charge < -0.3 is 5.11 Å². The number of benzene rings is 2. The number of carbonyl (C=O) groups is 1.